The van der Waals surface area contributed by atoms with Gasteiger partial charge >= 0.3 is 5.97 Å². The van der Waals surface area contributed by atoms with E-state index in [4.69, 9.17) is 5.11 Å². The second-order valence-electron chi connectivity index (χ2n) is 3.80. The number of nitrogens with one attached hydrogen (secondary N) is 1. The minimum Gasteiger partial charge on any atom is -0.478 e. The standard InChI is InChI=1S/C11H11N5O3/c1-6-7(10(18)19)3-4-8(14-6)9(17)15-11-12-5-13-16(11)2/h3-5H,1-2H3,(H,18,19)(H,12,13,15,17). The summed E-state index contributed by atoms with van der Waals surface area (Å²) in [7, 11) is 1.63. The second-order valence-corrected chi connectivity index (χ2v) is 3.80. The smallest absolute Gasteiger partial charge is 0.337 e. The minimum atomic E-state index is -1.08. The number of hydrogen-bond acceptors (Lipinski definition) is 5. The van der Waals surface area contributed by atoms with E-state index in [-0.39, 0.29) is 22.9 Å². The molecule has 2 rings (SSSR count). The van der Waals surface area contributed by atoms with Crippen LogP contribution in [0.5, 0.6) is 0 Å². The monoisotopic (exact) mass is 261 g/mol. The van der Waals surface area contributed by atoms with Crippen LogP contribution >= 0.6 is 0 Å². The summed E-state index contributed by atoms with van der Waals surface area (Å²) in [5, 5.41) is 15.2. The SMILES string of the molecule is Cc1nc(C(=O)Nc2ncnn2C)ccc1C(=O)O. The van der Waals surface area contributed by atoms with Crippen molar-refractivity contribution < 1.29 is 14.7 Å². The van der Waals surface area contributed by atoms with Crippen LogP contribution in [0.2, 0.25) is 0 Å². The van der Waals surface area contributed by atoms with Gasteiger partial charge in [-0.3, -0.25) is 10.1 Å². The number of pyridine rings is 1. The first-order chi connectivity index (χ1) is 8.99. The molecule has 2 N–H and O–H groups in total. The molecule has 19 heavy (non-hydrogen) atoms. The van der Waals surface area contributed by atoms with Gasteiger partial charge in [0.1, 0.15) is 12.0 Å². The average Bonchev–Trinajstić information content (AvgIpc) is 2.74. The number of carboxylic acid groups (broad SMARTS) is 1. The normalized spacial score (nSPS) is 10.2. The molecule has 0 radical (unpaired) electrons. The predicted molar refractivity (Wildman–Crippen MR) is 64.9 cm³/mol. The van der Waals surface area contributed by atoms with Gasteiger partial charge in [0, 0.05) is 7.05 Å². The van der Waals surface area contributed by atoms with Crippen molar-refractivity contribution in [2.24, 2.45) is 7.05 Å². The average molecular weight is 261 g/mol. The van der Waals surface area contributed by atoms with Crippen molar-refractivity contribution in [1.82, 2.24) is 19.7 Å². The van der Waals surface area contributed by atoms with Crippen molar-refractivity contribution in [3.05, 3.63) is 35.4 Å². The van der Waals surface area contributed by atoms with E-state index in [0.717, 1.165) is 0 Å². The Kier molecular flexibility index (Phi) is 3.23. The Morgan fingerprint density at radius 1 is 1.37 bits per heavy atom. The van der Waals surface area contributed by atoms with Gasteiger partial charge in [-0.1, -0.05) is 0 Å². The van der Waals surface area contributed by atoms with E-state index in [2.05, 4.69) is 20.4 Å². The lowest BCUT2D eigenvalue weighted by molar-refractivity contribution is 0.0695. The van der Waals surface area contributed by atoms with E-state index in [0.29, 0.717) is 0 Å². The number of hydrogen-bond donors (Lipinski definition) is 2. The summed E-state index contributed by atoms with van der Waals surface area (Å²) in [5.41, 5.74) is 0.457. The maximum absolute atomic E-state index is 11.9. The van der Waals surface area contributed by atoms with Crippen molar-refractivity contribution in [2.45, 2.75) is 6.92 Å². The lowest BCUT2D eigenvalue weighted by Crippen LogP contribution is -2.18. The Morgan fingerprint density at radius 2 is 2.11 bits per heavy atom. The molecule has 0 atom stereocenters. The molecule has 1 amide bonds. The summed E-state index contributed by atoms with van der Waals surface area (Å²) in [5.74, 6) is -1.27. The molecule has 0 aliphatic rings. The number of aromatic carboxylic acids is 1. The number of rotatable bonds is 3. The number of carbonyl (C=O) groups is 2. The Hall–Kier alpha value is -2.77. The van der Waals surface area contributed by atoms with Gasteiger partial charge in [0.15, 0.2) is 0 Å². The van der Waals surface area contributed by atoms with Gasteiger partial charge in [0.25, 0.3) is 5.91 Å². The molecule has 0 aliphatic heterocycles. The molecule has 0 unspecified atom stereocenters. The molecule has 0 saturated carbocycles. The molecule has 0 saturated heterocycles. The third-order valence-corrected chi connectivity index (χ3v) is 2.49. The first-order valence-corrected chi connectivity index (χ1v) is 5.35. The van der Waals surface area contributed by atoms with Crippen LogP contribution in [0.4, 0.5) is 5.95 Å². The number of carbonyl (C=O) groups excluding carboxylic acids is 1. The third-order valence-electron chi connectivity index (χ3n) is 2.49. The zero-order chi connectivity index (χ0) is 14.0. The molecule has 0 fully saturated rings. The largest absolute Gasteiger partial charge is 0.478 e. The van der Waals surface area contributed by atoms with E-state index in [1.165, 1.54) is 30.1 Å². The van der Waals surface area contributed by atoms with Gasteiger partial charge in [0.2, 0.25) is 5.95 Å². The zero-order valence-corrected chi connectivity index (χ0v) is 10.3. The maximum Gasteiger partial charge on any atom is 0.337 e. The van der Waals surface area contributed by atoms with E-state index >= 15 is 0 Å². The molecule has 8 nitrogen and oxygen atoms in total. The maximum atomic E-state index is 11.9. The quantitative estimate of drug-likeness (QED) is 0.831. The minimum absolute atomic E-state index is 0.0650. The summed E-state index contributed by atoms with van der Waals surface area (Å²) in [4.78, 5) is 30.5. The van der Waals surface area contributed by atoms with Crippen LogP contribution in [0.1, 0.15) is 26.5 Å². The first kappa shape index (κ1) is 12.7. The summed E-state index contributed by atoms with van der Waals surface area (Å²) in [6.07, 6.45) is 1.31. The van der Waals surface area contributed by atoms with Crippen LogP contribution in [-0.2, 0) is 7.05 Å². The van der Waals surface area contributed by atoms with Gasteiger partial charge in [-0.05, 0) is 19.1 Å². The van der Waals surface area contributed by atoms with E-state index in [9.17, 15) is 9.59 Å². The van der Waals surface area contributed by atoms with Crippen molar-refractivity contribution in [1.29, 1.82) is 0 Å². The molecule has 0 aromatic carbocycles. The van der Waals surface area contributed by atoms with Gasteiger partial charge in [0.05, 0.1) is 11.3 Å². The highest BCUT2D eigenvalue weighted by molar-refractivity contribution is 6.02. The fraction of sp³-hybridized carbons (Fsp3) is 0.182. The fourth-order valence-corrected chi connectivity index (χ4v) is 1.49. The van der Waals surface area contributed by atoms with Crippen molar-refractivity contribution >= 4 is 17.8 Å². The Labute approximate surface area is 108 Å². The molecular weight excluding hydrogens is 250 g/mol. The van der Waals surface area contributed by atoms with Gasteiger partial charge in [-0.2, -0.15) is 10.1 Å². The number of carboxylic acids is 1. The third kappa shape index (κ3) is 2.57. The number of nitrogens with zero attached hydrogens (tertiary/aromatic N) is 4. The molecular formula is C11H11N5O3. The molecule has 2 aromatic heterocycles. The molecule has 0 bridgehead atoms. The molecule has 2 aromatic rings. The van der Waals surface area contributed by atoms with Gasteiger partial charge in [-0.15, -0.1) is 0 Å². The number of anilines is 1. The van der Waals surface area contributed by atoms with Crippen molar-refractivity contribution in [3.63, 3.8) is 0 Å². The summed E-state index contributed by atoms with van der Waals surface area (Å²) < 4.78 is 1.40. The summed E-state index contributed by atoms with van der Waals surface area (Å²) in [6.45, 7) is 1.53. The van der Waals surface area contributed by atoms with Crippen LogP contribution in [0.25, 0.3) is 0 Å². The van der Waals surface area contributed by atoms with Crippen LogP contribution in [0, 0.1) is 6.92 Å². The van der Waals surface area contributed by atoms with Crippen molar-refractivity contribution in [3.8, 4) is 0 Å². The highest BCUT2D eigenvalue weighted by Gasteiger charge is 2.14. The molecule has 0 aliphatic carbocycles. The highest BCUT2D eigenvalue weighted by Crippen LogP contribution is 2.08. The Morgan fingerprint density at radius 3 is 2.63 bits per heavy atom. The molecule has 98 valence electrons. The topological polar surface area (TPSA) is 110 Å². The predicted octanol–water partition coefficient (Wildman–Crippen LogP) is 0.469. The van der Waals surface area contributed by atoms with Crippen LogP contribution in [0.15, 0.2) is 18.5 Å². The number of amides is 1. The van der Waals surface area contributed by atoms with E-state index < -0.39 is 11.9 Å². The number of aromatic nitrogens is 4. The molecule has 8 heteroatoms. The van der Waals surface area contributed by atoms with Gasteiger partial charge in [-0.25, -0.2) is 14.5 Å². The lowest BCUT2D eigenvalue weighted by atomic mass is 10.2. The Balaban J connectivity index is 2.23. The fourth-order valence-electron chi connectivity index (χ4n) is 1.49. The van der Waals surface area contributed by atoms with Crippen LogP contribution < -0.4 is 5.32 Å². The summed E-state index contributed by atoms with van der Waals surface area (Å²) >= 11 is 0. The van der Waals surface area contributed by atoms with E-state index in [1.807, 2.05) is 0 Å². The van der Waals surface area contributed by atoms with E-state index in [1.54, 1.807) is 7.05 Å². The van der Waals surface area contributed by atoms with Crippen molar-refractivity contribution in [2.75, 3.05) is 5.32 Å². The van der Waals surface area contributed by atoms with Crippen LogP contribution in [-0.4, -0.2) is 36.7 Å². The number of aryl methyl sites for hydroxylation is 2. The lowest BCUT2D eigenvalue weighted by Gasteiger charge is -2.05. The highest BCUT2D eigenvalue weighted by atomic mass is 16.4. The Bertz CT molecular complexity index is 650. The zero-order valence-electron chi connectivity index (χ0n) is 10.3. The van der Waals surface area contributed by atoms with Gasteiger partial charge < -0.3 is 5.11 Å². The van der Waals surface area contributed by atoms with Crippen LogP contribution in [0.3, 0.4) is 0 Å². The second kappa shape index (κ2) is 4.84. The first-order valence-electron chi connectivity index (χ1n) is 5.35. The molecule has 2 heterocycles. The molecule has 0 spiro atoms. The summed E-state index contributed by atoms with van der Waals surface area (Å²) in [6, 6.07) is 2.69.